The van der Waals surface area contributed by atoms with Crippen LogP contribution in [0.25, 0.3) is 0 Å². The number of nitrogens with one attached hydrogen (secondary N) is 2. The number of aryl methyl sites for hydroxylation is 1. The molecule has 0 aliphatic rings. The summed E-state index contributed by atoms with van der Waals surface area (Å²) in [7, 11) is 0. The third-order valence-corrected chi connectivity index (χ3v) is 2.43. The highest BCUT2D eigenvalue weighted by Crippen LogP contribution is 2.22. The fourth-order valence-electron chi connectivity index (χ4n) is 1.49. The lowest BCUT2D eigenvalue weighted by Crippen LogP contribution is -2.13. The van der Waals surface area contributed by atoms with E-state index >= 15 is 0 Å². The van der Waals surface area contributed by atoms with E-state index in [-0.39, 0.29) is 6.42 Å². The largest absolute Gasteiger partial charge is 0.389 e. The lowest BCUT2D eigenvalue weighted by molar-refractivity contribution is -0.135. The van der Waals surface area contributed by atoms with Crippen LogP contribution in [0.4, 0.5) is 24.8 Å². The molecule has 0 bridgehead atoms. The molecule has 0 radical (unpaired) electrons. The second-order valence-electron chi connectivity index (χ2n) is 4.05. The van der Waals surface area contributed by atoms with Gasteiger partial charge in [-0.3, -0.25) is 0 Å². The zero-order chi connectivity index (χ0) is 14.3. The van der Waals surface area contributed by atoms with Crippen LogP contribution < -0.4 is 16.6 Å². The Kier molecular flexibility index (Phi) is 5.81. The number of alkyl halides is 3. The Hall–Kier alpha value is -1.57. The van der Waals surface area contributed by atoms with Gasteiger partial charge in [-0.15, -0.1) is 0 Å². The molecule has 0 fully saturated rings. The Bertz CT molecular complexity index is 372. The molecule has 0 aromatic carbocycles. The van der Waals surface area contributed by atoms with E-state index < -0.39 is 12.6 Å². The van der Waals surface area contributed by atoms with Gasteiger partial charge < -0.3 is 10.7 Å². The molecule has 5 nitrogen and oxygen atoms in total. The topological polar surface area (TPSA) is 75.9 Å². The molecular weight excluding hydrogens is 259 g/mol. The zero-order valence-corrected chi connectivity index (χ0v) is 10.7. The van der Waals surface area contributed by atoms with Gasteiger partial charge in [0.15, 0.2) is 0 Å². The number of hydrazine groups is 1. The minimum absolute atomic E-state index is 0.101. The van der Waals surface area contributed by atoms with Crippen LogP contribution in [0, 0.1) is 0 Å². The Labute approximate surface area is 109 Å². The highest BCUT2D eigenvalue weighted by molar-refractivity contribution is 5.46. The number of nitrogens with zero attached hydrogens (tertiary/aromatic N) is 2. The van der Waals surface area contributed by atoms with E-state index in [1.54, 1.807) is 6.07 Å². The summed E-state index contributed by atoms with van der Waals surface area (Å²) >= 11 is 0. The number of halogens is 3. The van der Waals surface area contributed by atoms with Crippen LogP contribution in [0.5, 0.6) is 0 Å². The van der Waals surface area contributed by atoms with Crippen LogP contribution in [0.3, 0.4) is 0 Å². The lowest BCUT2D eigenvalue weighted by atomic mass is 10.2. The number of nitrogen functional groups attached to an aromatic ring is 1. The Morgan fingerprint density at radius 2 is 1.89 bits per heavy atom. The highest BCUT2D eigenvalue weighted by Gasteiger charge is 2.25. The first kappa shape index (κ1) is 15.5. The third kappa shape index (κ3) is 6.23. The van der Waals surface area contributed by atoms with E-state index in [1.807, 2.05) is 6.92 Å². The summed E-state index contributed by atoms with van der Waals surface area (Å²) < 4.78 is 35.8. The number of aromatic nitrogens is 2. The molecule has 1 rings (SSSR count). The van der Waals surface area contributed by atoms with E-state index in [0.717, 1.165) is 0 Å². The second kappa shape index (κ2) is 7.13. The minimum atomic E-state index is -4.08. The average Bonchev–Trinajstić information content (AvgIpc) is 2.36. The van der Waals surface area contributed by atoms with Gasteiger partial charge in [0, 0.05) is 25.5 Å². The van der Waals surface area contributed by atoms with Gasteiger partial charge in [-0.05, 0) is 12.8 Å². The number of hydrogen-bond donors (Lipinski definition) is 3. The fraction of sp³-hybridized carbons (Fsp3) is 0.636. The van der Waals surface area contributed by atoms with Crippen molar-refractivity contribution in [2.75, 3.05) is 17.3 Å². The van der Waals surface area contributed by atoms with Gasteiger partial charge >= 0.3 is 6.18 Å². The molecule has 0 aliphatic carbocycles. The molecule has 1 heterocycles. The van der Waals surface area contributed by atoms with Gasteiger partial charge in [0.25, 0.3) is 0 Å². The number of unbranched alkanes of at least 4 members (excludes halogenated alkanes) is 1. The predicted octanol–water partition coefficient (Wildman–Crippen LogP) is 2.47. The molecule has 0 amide bonds. The molecule has 4 N–H and O–H groups in total. The maximum atomic E-state index is 11.9. The van der Waals surface area contributed by atoms with Crippen LogP contribution in [-0.4, -0.2) is 22.7 Å². The quantitative estimate of drug-likeness (QED) is 0.405. The molecule has 0 saturated heterocycles. The normalized spacial score (nSPS) is 11.4. The summed E-state index contributed by atoms with van der Waals surface area (Å²) in [4.78, 5) is 8.32. The summed E-state index contributed by atoms with van der Waals surface area (Å²) in [6, 6.07) is 1.61. The van der Waals surface area contributed by atoms with Crippen molar-refractivity contribution in [2.24, 2.45) is 5.84 Å². The van der Waals surface area contributed by atoms with Crippen LogP contribution in [0.15, 0.2) is 6.07 Å². The molecule has 1 aromatic rings. The summed E-state index contributed by atoms with van der Waals surface area (Å²) in [6.45, 7) is 2.34. The van der Waals surface area contributed by atoms with Crippen molar-refractivity contribution in [1.29, 1.82) is 0 Å². The smallest absolute Gasteiger partial charge is 0.370 e. The van der Waals surface area contributed by atoms with E-state index in [0.29, 0.717) is 36.8 Å². The maximum Gasteiger partial charge on any atom is 0.389 e. The molecule has 19 heavy (non-hydrogen) atoms. The fourth-order valence-corrected chi connectivity index (χ4v) is 1.49. The Balaban J connectivity index is 2.40. The second-order valence-corrected chi connectivity index (χ2v) is 4.05. The Morgan fingerprint density at radius 3 is 2.47 bits per heavy atom. The van der Waals surface area contributed by atoms with E-state index in [2.05, 4.69) is 20.7 Å². The summed E-state index contributed by atoms with van der Waals surface area (Å²) in [5.41, 5.74) is 2.42. The molecule has 1 aromatic heterocycles. The van der Waals surface area contributed by atoms with Crippen molar-refractivity contribution >= 4 is 11.6 Å². The lowest BCUT2D eigenvalue weighted by Gasteiger charge is -2.09. The average molecular weight is 277 g/mol. The third-order valence-electron chi connectivity index (χ3n) is 2.43. The van der Waals surface area contributed by atoms with Crippen molar-refractivity contribution in [3.63, 3.8) is 0 Å². The SMILES string of the molecule is CCc1nc(NN)cc(NCCCCC(F)(F)F)n1. The van der Waals surface area contributed by atoms with E-state index in [9.17, 15) is 13.2 Å². The van der Waals surface area contributed by atoms with Gasteiger partial charge in [-0.1, -0.05) is 6.92 Å². The van der Waals surface area contributed by atoms with Gasteiger partial charge in [0.2, 0.25) is 0 Å². The number of rotatable bonds is 7. The standard InChI is InChI=1S/C11H18F3N5/c1-2-8-17-9(7-10(18-8)19-15)16-6-4-3-5-11(12,13)14/h7H,2-6,15H2,1H3,(H2,16,17,18,19). The molecule has 0 unspecified atom stereocenters. The van der Waals surface area contributed by atoms with E-state index in [1.165, 1.54) is 0 Å². The van der Waals surface area contributed by atoms with Crippen LogP contribution in [0.2, 0.25) is 0 Å². The molecule has 108 valence electrons. The first-order chi connectivity index (χ1) is 8.94. The zero-order valence-electron chi connectivity index (χ0n) is 10.7. The first-order valence-electron chi connectivity index (χ1n) is 6.10. The van der Waals surface area contributed by atoms with Crippen LogP contribution in [0.1, 0.15) is 32.0 Å². The highest BCUT2D eigenvalue weighted by atomic mass is 19.4. The molecule has 0 spiro atoms. The van der Waals surface area contributed by atoms with Crippen molar-refractivity contribution in [3.05, 3.63) is 11.9 Å². The summed E-state index contributed by atoms with van der Waals surface area (Å²) in [5.74, 6) is 6.93. The Morgan fingerprint density at radius 1 is 1.21 bits per heavy atom. The van der Waals surface area contributed by atoms with Crippen molar-refractivity contribution < 1.29 is 13.2 Å². The number of anilines is 2. The van der Waals surface area contributed by atoms with Crippen molar-refractivity contribution in [3.8, 4) is 0 Å². The molecule has 0 atom stereocenters. The van der Waals surface area contributed by atoms with Crippen LogP contribution in [-0.2, 0) is 6.42 Å². The first-order valence-corrected chi connectivity index (χ1v) is 6.10. The van der Waals surface area contributed by atoms with E-state index in [4.69, 9.17) is 5.84 Å². The minimum Gasteiger partial charge on any atom is -0.370 e. The van der Waals surface area contributed by atoms with Gasteiger partial charge in [-0.25, -0.2) is 15.8 Å². The number of nitrogens with two attached hydrogens (primary N) is 1. The monoisotopic (exact) mass is 277 g/mol. The molecule has 8 heteroatoms. The van der Waals surface area contributed by atoms with Gasteiger partial charge in [-0.2, -0.15) is 13.2 Å². The maximum absolute atomic E-state index is 11.9. The molecule has 0 aliphatic heterocycles. The van der Waals surface area contributed by atoms with Gasteiger partial charge in [0.05, 0.1) is 0 Å². The molecular formula is C11H18F3N5. The van der Waals surface area contributed by atoms with Crippen molar-refractivity contribution in [1.82, 2.24) is 9.97 Å². The van der Waals surface area contributed by atoms with Crippen molar-refractivity contribution in [2.45, 2.75) is 38.8 Å². The predicted molar refractivity (Wildman–Crippen MR) is 67.6 cm³/mol. The molecule has 0 saturated carbocycles. The summed E-state index contributed by atoms with van der Waals surface area (Å²) in [5, 5.41) is 2.97. The number of hydrogen-bond acceptors (Lipinski definition) is 5. The van der Waals surface area contributed by atoms with Crippen LogP contribution >= 0.6 is 0 Å². The van der Waals surface area contributed by atoms with Gasteiger partial charge in [0.1, 0.15) is 17.5 Å². The summed E-state index contributed by atoms with van der Waals surface area (Å²) in [6.07, 6.45) is -3.66.